The van der Waals surface area contributed by atoms with Crippen LogP contribution in [0, 0.1) is 17.1 Å². The zero-order valence-electron chi connectivity index (χ0n) is 14.7. The van der Waals surface area contributed by atoms with Crippen LogP contribution < -0.4 is 15.8 Å². The van der Waals surface area contributed by atoms with Crippen LogP contribution in [0.4, 0.5) is 22.0 Å². The van der Waals surface area contributed by atoms with Crippen molar-refractivity contribution in [2.75, 3.05) is 11.1 Å². The fourth-order valence-corrected chi connectivity index (χ4v) is 3.16. The van der Waals surface area contributed by atoms with Crippen molar-refractivity contribution >= 4 is 44.3 Å². The Morgan fingerprint density at radius 3 is 2.72 bits per heavy atom. The van der Waals surface area contributed by atoms with E-state index in [1.165, 1.54) is 12.1 Å². The summed E-state index contributed by atoms with van der Waals surface area (Å²) in [6, 6.07) is 17.2. The summed E-state index contributed by atoms with van der Waals surface area (Å²) in [6.45, 7) is 0. The largest absolute Gasteiger partial charge is 0.424 e. The molecular formula is C20H12BrFN6O. The van der Waals surface area contributed by atoms with Crippen molar-refractivity contribution in [3.05, 3.63) is 70.5 Å². The Balaban J connectivity index is 1.62. The van der Waals surface area contributed by atoms with Crippen molar-refractivity contribution in [3.8, 4) is 17.8 Å². The van der Waals surface area contributed by atoms with Gasteiger partial charge in [-0.05, 0) is 47.2 Å². The van der Waals surface area contributed by atoms with Gasteiger partial charge in [-0.25, -0.2) is 4.39 Å². The number of hydrogen-bond acceptors (Lipinski definition) is 7. The molecule has 0 atom stereocenters. The van der Waals surface area contributed by atoms with Gasteiger partial charge in [-0.15, -0.1) is 0 Å². The van der Waals surface area contributed by atoms with Crippen molar-refractivity contribution in [3.63, 3.8) is 0 Å². The molecule has 0 saturated heterocycles. The summed E-state index contributed by atoms with van der Waals surface area (Å²) in [7, 11) is 0. The first-order valence-electron chi connectivity index (χ1n) is 8.36. The van der Waals surface area contributed by atoms with Crippen LogP contribution >= 0.6 is 15.9 Å². The summed E-state index contributed by atoms with van der Waals surface area (Å²) < 4.78 is 20.8. The smallest absolute Gasteiger partial charge is 0.328 e. The van der Waals surface area contributed by atoms with Crippen molar-refractivity contribution in [1.29, 1.82) is 5.26 Å². The lowest BCUT2D eigenvalue weighted by molar-refractivity contribution is 0.442. The predicted molar refractivity (Wildman–Crippen MR) is 110 cm³/mol. The maximum absolute atomic E-state index is 14.1. The molecule has 0 saturated carbocycles. The monoisotopic (exact) mass is 450 g/mol. The average Bonchev–Trinajstić information content (AvgIpc) is 2.70. The van der Waals surface area contributed by atoms with Crippen molar-refractivity contribution in [2.24, 2.45) is 0 Å². The Hall–Kier alpha value is -3.77. The molecule has 0 spiro atoms. The quantitative estimate of drug-likeness (QED) is 0.453. The molecule has 0 radical (unpaired) electrons. The highest BCUT2D eigenvalue weighted by Gasteiger charge is 2.11. The van der Waals surface area contributed by atoms with E-state index in [0.29, 0.717) is 5.75 Å². The van der Waals surface area contributed by atoms with E-state index in [4.69, 9.17) is 15.7 Å². The fourth-order valence-electron chi connectivity index (χ4n) is 2.66. The topological polar surface area (TPSA) is 110 Å². The summed E-state index contributed by atoms with van der Waals surface area (Å²) >= 11 is 3.51. The Morgan fingerprint density at radius 2 is 1.93 bits per heavy atom. The lowest BCUT2D eigenvalue weighted by atomic mass is 10.1. The molecule has 3 N–H and O–H groups in total. The first-order chi connectivity index (χ1) is 14.0. The molecular weight excluding hydrogens is 439 g/mol. The SMILES string of the molecule is N#Cc1ccc(Nc2nc(N)nc(Oc3ccc4cccc(Br)c4c3)n2)c(F)c1. The number of aromatic nitrogens is 3. The summed E-state index contributed by atoms with van der Waals surface area (Å²) in [5.41, 5.74) is 6.03. The van der Waals surface area contributed by atoms with Crippen LogP contribution in [0.15, 0.2) is 59.1 Å². The second-order valence-corrected chi connectivity index (χ2v) is 6.81. The molecule has 9 heteroatoms. The third kappa shape index (κ3) is 4.07. The standard InChI is InChI=1S/C20H12BrFN6O/c21-15-3-1-2-12-5-6-13(9-14(12)15)29-20-27-18(24)26-19(28-20)25-17-7-4-11(10-23)8-16(17)22/h1-9H,(H3,24,25,26,27,28). The molecule has 1 heterocycles. The highest BCUT2D eigenvalue weighted by molar-refractivity contribution is 9.10. The number of rotatable bonds is 4. The number of benzene rings is 3. The molecule has 142 valence electrons. The summed E-state index contributed by atoms with van der Waals surface area (Å²) in [4.78, 5) is 12.0. The molecule has 0 fully saturated rings. The van der Waals surface area contributed by atoms with E-state index in [1.807, 2.05) is 36.4 Å². The number of ether oxygens (including phenoxy) is 1. The molecule has 4 rings (SSSR count). The lowest BCUT2D eigenvalue weighted by Gasteiger charge is -2.09. The molecule has 0 amide bonds. The van der Waals surface area contributed by atoms with Gasteiger partial charge < -0.3 is 15.8 Å². The highest BCUT2D eigenvalue weighted by Crippen LogP contribution is 2.29. The minimum Gasteiger partial charge on any atom is -0.424 e. The number of nitrogens with zero attached hydrogens (tertiary/aromatic N) is 4. The maximum atomic E-state index is 14.1. The van der Waals surface area contributed by atoms with E-state index >= 15 is 0 Å². The second-order valence-electron chi connectivity index (χ2n) is 5.96. The van der Waals surface area contributed by atoms with Crippen LogP contribution in [0.1, 0.15) is 5.56 Å². The maximum Gasteiger partial charge on any atom is 0.328 e. The van der Waals surface area contributed by atoms with Gasteiger partial charge in [-0.1, -0.05) is 34.1 Å². The Labute approximate surface area is 173 Å². The van der Waals surface area contributed by atoms with Crippen molar-refractivity contribution in [1.82, 2.24) is 15.0 Å². The molecule has 0 aliphatic rings. The molecule has 7 nitrogen and oxygen atoms in total. The Morgan fingerprint density at radius 1 is 1.07 bits per heavy atom. The van der Waals surface area contributed by atoms with E-state index in [0.717, 1.165) is 21.3 Å². The van der Waals surface area contributed by atoms with Gasteiger partial charge in [-0.3, -0.25) is 0 Å². The Bertz CT molecular complexity index is 1270. The second kappa shape index (κ2) is 7.69. The first kappa shape index (κ1) is 18.6. The van der Waals surface area contributed by atoms with Gasteiger partial charge in [0.05, 0.1) is 17.3 Å². The van der Waals surface area contributed by atoms with Crippen molar-refractivity contribution < 1.29 is 9.13 Å². The minimum atomic E-state index is -0.620. The number of anilines is 3. The van der Waals surface area contributed by atoms with Crippen LogP contribution in [0.25, 0.3) is 10.8 Å². The van der Waals surface area contributed by atoms with Crippen LogP contribution in [-0.4, -0.2) is 15.0 Å². The molecule has 0 aliphatic carbocycles. The van der Waals surface area contributed by atoms with Gasteiger partial charge in [0.1, 0.15) is 11.6 Å². The molecule has 0 unspecified atom stereocenters. The number of halogens is 2. The number of fused-ring (bicyclic) bond motifs is 1. The summed E-state index contributed by atoms with van der Waals surface area (Å²) in [6.07, 6.45) is 0. The van der Waals surface area contributed by atoms with E-state index in [9.17, 15) is 4.39 Å². The number of nitrogen functional groups attached to an aromatic ring is 1. The predicted octanol–water partition coefficient (Wildman–Crippen LogP) is 4.92. The molecule has 1 aromatic heterocycles. The van der Waals surface area contributed by atoms with Crippen LogP contribution in [0.3, 0.4) is 0 Å². The van der Waals surface area contributed by atoms with Gasteiger partial charge in [0.2, 0.25) is 11.9 Å². The van der Waals surface area contributed by atoms with E-state index in [-0.39, 0.29) is 29.2 Å². The number of nitriles is 1. The van der Waals surface area contributed by atoms with E-state index < -0.39 is 5.82 Å². The van der Waals surface area contributed by atoms with Gasteiger partial charge in [0.25, 0.3) is 0 Å². The van der Waals surface area contributed by atoms with Crippen LogP contribution in [-0.2, 0) is 0 Å². The van der Waals surface area contributed by atoms with Gasteiger partial charge >= 0.3 is 6.01 Å². The zero-order chi connectivity index (χ0) is 20.4. The molecule has 4 aromatic rings. The number of nitrogens with one attached hydrogen (secondary N) is 1. The van der Waals surface area contributed by atoms with Crippen molar-refractivity contribution in [2.45, 2.75) is 0 Å². The van der Waals surface area contributed by atoms with Crippen LogP contribution in [0.2, 0.25) is 0 Å². The minimum absolute atomic E-state index is 0.0121. The average molecular weight is 451 g/mol. The highest BCUT2D eigenvalue weighted by atomic mass is 79.9. The lowest BCUT2D eigenvalue weighted by Crippen LogP contribution is -2.06. The van der Waals surface area contributed by atoms with Gasteiger partial charge in [-0.2, -0.15) is 20.2 Å². The van der Waals surface area contributed by atoms with Crippen LogP contribution in [0.5, 0.6) is 11.8 Å². The molecule has 0 bridgehead atoms. The summed E-state index contributed by atoms with van der Waals surface area (Å²) in [5.74, 6) is -0.193. The molecule has 3 aromatic carbocycles. The number of nitrogens with two attached hydrogens (primary N) is 1. The fraction of sp³-hybridized carbons (Fsp3) is 0. The summed E-state index contributed by atoms with van der Waals surface area (Å²) in [5, 5.41) is 13.6. The van der Waals surface area contributed by atoms with E-state index in [1.54, 1.807) is 6.07 Å². The normalized spacial score (nSPS) is 10.5. The van der Waals surface area contributed by atoms with Gasteiger partial charge in [0.15, 0.2) is 0 Å². The van der Waals surface area contributed by atoms with E-state index in [2.05, 4.69) is 36.2 Å². The first-order valence-corrected chi connectivity index (χ1v) is 9.15. The number of hydrogen-bond donors (Lipinski definition) is 2. The molecule has 0 aliphatic heterocycles. The zero-order valence-corrected chi connectivity index (χ0v) is 16.3. The third-order valence-corrected chi connectivity index (χ3v) is 4.68. The molecule has 29 heavy (non-hydrogen) atoms. The third-order valence-electron chi connectivity index (χ3n) is 3.99. The van der Waals surface area contributed by atoms with Gasteiger partial charge in [0, 0.05) is 4.47 Å². The Kier molecular flexibility index (Phi) is 4.93.